The summed E-state index contributed by atoms with van der Waals surface area (Å²) in [6.45, 7) is 12.6. The molecule has 0 unspecified atom stereocenters. The van der Waals surface area contributed by atoms with E-state index in [1.165, 1.54) is 41.2 Å². The number of Topliss-reactive ketones (excluding diaryl/α,β-unsaturated/α-hetero) is 4. The highest BCUT2D eigenvalue weighted by molar-refractivity contribution is 7.97. The van der Waals surface area contributed by atoms with Gasteiger partial charge in [-0.15, -0.1) is 0 Å². The highest BCUT2D eigenvalue weighted by Crippen LogP contribution is 2.35. The van der Waals surface area contributed by atoms with Crippen molar-refractivity contribution in [3.8, 4) is 0 Å². The lowest BCUT2D eigenvalue weighted by Gasteiger charge is -2.29. The monoisotopic (exact) mass is 1490 g/mol. The third-order valence-corrected chi connectivity index (χ3v) is 21.4. The van der Waals surface area contributed by atoms with Gasteiger partial charge in [0.2, 0.25) is 41.4 Å². The summed E-state index contributed by atoms with van der Waals surface area (Å²) in [7, 11) is 1.04. The van der Waals surface area contributed by atoms with E-state index in [2.05, 4.69) is 98.6 Å². The Kier molecular flexibility index (Phi) is 33.1. The fourth-order valence-electron chi connectivity index (χ4n) is 12.4. The first-order valence-corrected chi connectivity index (χ1v) is 37.3. The van der Waals surface area contributed by atoms with Crippen LogP contribution in [0.2, 0.25) is 0 Å². The number of primary amides is 2. The van der Waals surface area contributed by atoms with Gasteiger partial charge in [-0.05, 0) is 130 Å². The molecule has 4 aromatic carbocycles. The lowest BCUT2D eigenvalue weighted by molar-refractivity contribution is -0.344. The first kappa shape index (κ1) is 85.1. The van der Waals surface area contributed by atoms with Crippen LogP contribution in [0.15, 0.2) is 130 Å². The third kappa shape index (κ3) is 27.6. The van der Waals surface area contributed by atoms with E-state index in [0.29, 0.717) is 54.8 Å². The van der Waals surface area contributed by atoms with Crippen LogP contribution in [0.5, 0.6) is 0 Å². The zero-order chi connectivity index (χ0) is 77.9. The molecule has 1 aliphatic carbocycles. The first-order chi connectivity index (χ1) is 50.2. The second kappa shape index (κ2) is 41.2. The molecule has 7 rings (SSSR count). The number of alkyl halides is 3. The van der Waals surface area contributed by atoms with Gasteiger partial charge in [-0.25, -0.2) is 4.98 Å². The number of likely N-dealkylation sites (N-methyl/N-ethyl adjacent to an activating group) is 1. The van der Waals surface area contributed by atoms with Gasteiger partial charge in [0.05, 0.1) is 35.9 Å². The summed E-state index contributed by atoms with van der Waals surface area (Å²) >= 11 is 0. The molecule has 7 amide bonds. The standard InChI is InChI=1S/C77H100N10O11S.C2HF3O2/c1-9-50(6)54(28-36-71(93)84-66(74(79)95)38-52-23-24-52)41-69(91)65(42-57-44-80-46-82-57)83-72(94)45-87(8)77(98)73(47(2)3)86-75(96)51(7)37-68(90)64(40-56-43-81-63-17-14-13-16-62(56)63)85-76(97)55(27-35-70(78)92)39-58(88)15-11-10-12-18-67(89)53-25-33-61(34-26-53)99(59-29-19-48(4)20-30-59)60-31-21-49(5)22-32-60;3-2(4,5)1(6)7/h13-14,16-17,19-22,25-26,29-34,43-44,46-47,50-52,54-55,64-66,73,81H,9-12,15,18,23-24,27-28,35-42,45H2,1-8H3,(H8-,78,79,80,82,83,84,85,86,92,93,94,95,96,97);(H,6,7)/t50-,51+,54-,55+,64-,65-,66-,73-;/m0./s1. The molecule has 1 aliphatic rings. The number of carbonyl (C=O) groups excluding carboxylic acids is 12. The number of carbonyl (C=O) groups is 12. The molecule has 2 heterocycles. The number of carboxylic acid groups (broad SMARTS) is 1. The van der Waals surface area contributed by atoms with Crippen molar-refractivity contribution < 1.29 is 75.8 Å². The Morgan fingerprint density at radius 3 is 1.79 bits per heavy atom. The number of aromatic amines is 2. The van der Waals surface area contributed by atoms with Gasteiger partial charge in [0.25, 0.3) is 0 Å². The highest BCUT2D eigenvalue weighted by atomic mass is 32.2. The number of halogens is 3. The molecule has 23 nitrogen and oxygen atoms in total. The molecule has 2 aromatic heterocycles. The molecule has 1 saturated carbocycles. The molecular weight excluding hydrogens is 1390 g/mol. The summed E-state index contributed by atoms with van der Waals surface area (Å²) in [6, 6.07) is 28.2. The van der Waals surface area contributed by atoms with Gasteiger partial charge in [0.15, 0.2) is 32.0 Å². The second-order valence-corrected chi connectivity index (χ2v) is 30.3. The number of ketones is 4. The van der Waals surface area contributed by atoms with E-state index in [9.17, 15) is 65.9 Å². The molecule has 0 saturated heterocycles. The SMILES string of the molecule is CC[C@H](C)[C@@H](CCC(=O)N[C@@H](CC1CC1)C(N)=O)CC(=O)[C@H](Cc1cnc[nH]1)NC(=O)CN(C)C(=O)[C@@H](NC(=O)[C@H](C)CC(=O)[C@H](Cc1c[nH]c2ccccc12)NC(=O)[C@H](CCC(N)=O)CC(=O)CCCCCC(=O)c1ccc([S+](c2ccc(C)cc2)c2ccc(C)cc2)cc1)C(C)C.O=C([O-])C(F)(F)F. The van der Waals surface area contributed by atoms with Crippen molar-refractivity contribution in [1.29, 1.82) is 0 Å². The number of nitrogens with two attached hydrogens (primary N) is 2. The lowest BCUT2D eigenvalue weighted by Crippen LogP contribution is -2.54. The maximum Gasteiger partial charge on any atom is 0.430 e. The van der Waals surface area contributed by atoms with Crippen LogP contribution in [-0.2, 0) is 76.5 Å². The van der Waals surface area contributed by atoms with Gasteiger partial charge < -0.3 is 57.5 Å². The minimum atomic E-state index is -5.19. The molecule has 0 radical (unpaired) electrons. The number of unbranched alkanes of at least 4 members (excludes halogenated alkanes) is 2. The Morgan fingerprint density at radius 1 is 0.660 bits per heavy atom. The number of aryl methyl sites for hydroxylation is 2. The van der Waals surface area contributed by atoms with Crippen LogP contribution in [0.1, 0.15) is 170 Å². The number of amides is 7. The molecule has 10 N–H and O–H groups in total. The van der Waals surface area contributed by atoms with Crippen LogP contribution < -0.4 is 37.8 Å². The maximum atomic E-state index is 14.6. The van der Waals surface area contributed by atoms with Gasteiger partial charge in [0.1, 0.15) is 23.8 Å². The lowest BCUT2D eigenvalue weighted by atomic mass is 9.82. The van der Waals surface area contributed by atoms with E-state index < -0.39 is 102 Å². The number of fused-ring (bicyclic) bond motifs is 1. The summed E-state index contributed by atoms with van der Waals surface area (Å²) in [5.41, 5.74) is 16.2. The number of nitrogens with one attached hydrogen (secondary N) is 6. The molecule has 572 valence electrons. The Labute approximate surface area is 619 Å². The van der Waals surface area contributed by atoms with Crippen LogP contribution in [0.3, 0.4) is 0 Å². The molecule has 0 bridgehead atoms. The van der Waals surface area contributed by atoms with Crippen molar-refractivity contribution in [3.05, 3.63) is 144 Å². The Balaban J connectivity index is 0.00000239. The number of hydrogen-bond acceptors (Lipinski definition) is 14. The number of aromatic nitrogens is 3. The van der Waals surface area contributed by atoms with Crippen molar-refractivity contribution in [2.24, 2.45) is 47.0 Å². The van der Waals surface area contributed by atoms with Gasteiger partial charge >= 0.3 is 6.18 Å². The number of rotatable bonds is 43. The van der Waals surface area contributed by atoms with E-state index in [4.69, 9.17) is 21.4 Å². The van der Waals surface area contributed by atoms with Crippen LogP contribution in [-0.4, -0.2) is 134 Å². The van der Waals surface area contributed by atoms with Crippen LogP contribution >= 0.6 is 0 Å². The number of hydrogen-bond donors (Lipinski definition) is 8. The topological polar surface area (TPSA) is 376 Å². The van der Waals surface area contributed by atoms with Crippen molar-refractivity contribution in [1.82, 2.24) is 41.1 Å². The molecule has 0 spiro atoms. The Bertz CT molecular complexity index is 3930. The van der Waals surface area contributed by atoms with E-state index in [1.807, 2.05) is 62.4 Å². The zero-order valence-electron chi connectivity index (χ0n) is 61.6. The predicted octanol–water partition coefficient (Wildman–Crippen LogP) is 8.70. The summed E-state index contributed by atoms with van der Waals surface area (Å²) in [6.07, 6.45) is 4.44. The van der Waals surface area contributed by atoms with E-state index in [0.717, 1.165) is 40.0 Å². The summed E-state index contributed by atoms with van der Waals surface area (Å²) in [5.74, 6) is -10.5. The number of benzene rings is 4. The van der Waals surface area contributed by atoms with Crippen LogP contribution in [0.4, 0.5) is 13.2 Å². The molecule has 6 aromatic rings. The highest BCUT2D eigenvalue weighted by Gasteiger charge is 2.36. The molecule has 0 aliphatic heterocycles. The number of nitrogens with zero attached hydrogens (tertiary/aromatic N) is 2. The van der Waals surface area contributed by atoms with E-state index in [-0.39, 0.29) is 110 Å². The van der Waals surface area contributed by atoms with Gasteiger partial charge in [-0.2, -0.15) is 13.2 Å². The number of para-hydroxylation sites is 1. The third-order valence-electron chi connectivity index (χ3n) is 19.1. The van der Waals surface area contributed by atoms with Crippen LogP contribution in [0.25, 0.3) is 10.9 Å². The molecule has 1 fully saturated rings. The summed E-state index contributed by atoms with van der Waals surface area (Å²) in [5, 5.41) is 20.9. The van der Waals surface area contributed by atoms with Crippen molar-refractivity contribution in [2.75, 3.05) is 13.6 Å². The molecule has 27 heteroatoms. The molecule has 106 heavy (non-hydrogen) atoms. The Morgan fingerprint density at radius 2 is 1.24 bits per heavy atom. The van der Waals surface area contributed by atoms with Crippen molar-refractivity contribution in [3.63, 3.8) is 0 Å². The normalized spacial score (nSPS) is 14.4. The van der Waals surface area contributed by atoms with E-state index in [1.54, 1.807) is 26.2 Å². The van der Waals surface area contributed by atoms with Crippen molar-refractivity contribution >= 4 is 92.3 Å². The van der Waals surface area contributed by atoms with Gasteiger partial charge in [-0.3, -0.25) is 52.7 Å². The van der Waals surface area contributed by atoms with Gasteiger partial charge in [0, 0.05) is 111 Å². The van der Waals surface area contributed by atoms with E-state index >= 15 is 0 Å². The fourth-order valence-corrected chi connectivity index (χ4v) is 14.4. The smallest absolute Gasteiger partial charge is 0.430 e. The number of imidazole rings is 1. The minimum Gasteiger partial charge on any atom is -0.542 e. The zero-order valence-corrected chi connectivity index (χ0v) is 62.4. The summed E-state index contributed by atoms with van der Waals surface area (Å²) in [4.78, 5) is 174. The second-order valence-electron chi connectivity index (χ2n) is 28.2. The number of carboxylic acids is 1. The minimum absolute atomic E-state index is 0.00218. The predicted molar refractivity (Wildman–Crippen MR) is 393 cm³/mol. The average molecular weight is 1490 g/mol. The maximum absolute atomic E-state index is 14.6. The van der Waals surface area contributed by atoms with Crippen LogP contribution in [0, 0.1) is 49.4 Å². The largest absolute Gasteiger partial charge is 0.542 e. The summed E-state index contributed by atoms with van der Waals surface area (Å²) < 4.78 is 31.5. The molecule has 8 atom stereocenters. The fraction of sp³-hybridized carbons (Fsp3) is 0.481. The molecular formula is C79H101F3N10O13S. The first-order valence-electron chi connectivity index (χ1n) is 36.1. The quantitative estimate of drug-likeness (QED) is 0.0101. The Hall–Kier alpha value is -9.79. The average Bonchev–Trinajstić information content (AvgIpc) is 1.04. The number of H-pyrrole nitrogens is 2. The van der Waals surface area contributed by atoms with Gasteiger partial charge in [-0.1, -0.05) is 114 Å². The van der Waals surface area contributed by atoms with Crippen molar-refractivity contribution in [2.45, 2.75) is 209 Å². The number of aliphatic carboxylic acids is 1.